The number of ether oxygens (including phenoxy) is 3. The third-order valence-electron chi connectivity index (χ3n) is 4.47. The Kier molecular flexibility index (Phi) is 9.67. The Morgan fingerprint density at radius 3 is 1.61 bits per heavy atom. The molecule has 0 aromatic rings. The SMILES string of the molecule is CCC(C)(CC(C)(C)C(=O)OC(C)C(=O)OC(C(F)(F)F)C(F)(F)F)C(=O)OCC(F)(F)F. The van der Waals surface area contributed by atoms with Crippen molar-refractivity contribution < 1.29 is 68.1 Å². The van der Waals surface area contributed by atoms with Crippen LogP contribution in [0.3, 0.4) is 0 Å². The number of carbonyl (C=O) groups is 3. The maximum absolute atomic E-state index is 12.5. The van der Waals surface area contributed by atoms with Crippen molar-refractivity contribution in [2.24, 2.45) is 10.8 Å². The Bertz CT molecular complexity index is 698. The summed E-state index contributed by atoms with van der Waals surface area (Å²) in [5.41, 5.74) is -3.36. The molecule has 0 saturated heterocycles. The van der Waals surface area contributed by atoms with Crippen LogP contribution in [0, 0.1) is 10.8 Å². The second-order valence-corrected chi connectivity index (χ2v) is 8.11. The second-order valence-electron chi connectivity index (χ2n) is 8.11. The van der Waals surface area contributed by atoms with Gasteiger partial charge >= 0.3 is 36.4 Å². The van der Waals surface area contributed by atoms with Crippen LogP contribution in [0.5, 0.6) is 0 Å². The average molecular weight is 506 g/mol. The molecule has 0 bridgehead atoms. The third-order valence-corrected chi connectivity index (χ3v) is 4.47. The van der Waals surface area contributed by atoms with E-state index in [1.807, 2.05) is 0 Å². The Hall–Kier alpha value is -2.22. The van der Waals surface area contributed by atoms with Gasteiger partial charge in [0.15, 0.2) is 12.7 Å². The minimum atomic E-state index is -5.98. The molecule has 15 heteroatoms. The highest BCUT2D eigenvalue weighted by Gasteiger charge is 2.60. The molecule has 0 aromatic carbocycles. The summed E-state index contributed by atoms with van der Waals surface area (Å²) in [6.07, 6.45) is -24.0. The van der Waals surface area contributed by atoms with E-state index < -0.39 is 72.5 Å². The molecule has 0 N–H and O–H groups in total. The highest BCUT2D eigenvalue weighted by molar-refractivity contribution is 5.83. The van der Waals surface area contributed by atoms with Crippen LogP contribution in [0.1, 0.15) is 47.5 Å². The van der Waals surface area contributed by atoms with Gasteiger partial charge in [0.25, 0.3) is 6.10 Å². The molecule has 2 unspecified atom stereocenters. The molecule has 6 nitrogen and oxygen atoms in total. The first-order valence-electron chi connectivity index (χ1n) is 9.25. The van der Waals surface area contributed by atoms with Crippen LogP contribution >= 0.6 is 0 Å². The summed E-state index contributed by atoms with van der Waals surface area (Å²) >= 11 is 0. The van der Waals surface area contributed by atoms with Gasteiger partial charge in [0, 0.05) is 0 Å². The summed E-state index contributed by atoms with van der Waals surface area (Å²) in [6.45, 7) is 3.67. The topological polar surface area (TPSA) is 78.9 Å². The standard InChI is InChI=1S/C18H23F9O6/c1-6-15(5,13(30)31-8-16(19,20)21)7-14(3,4)12(29)32-9(2)10(28)33-11(17(22,23)24)18(25,26)27/h9,11H,6-8H2,1-5H3. The lowest BCUT2D eigenvalue weighted by Gasteiger charge is -2.34. The molecule has 0 aliphatic rings. The first kappa shape index (κ1) is 30.8. The van der Waals surface area contributed by atoms with Crippen LogP contribution in [-0.2, 0) is 28.6 Å². The zero-order valence-corrected chi connectivity index (χ0v) is 18.1. The van der Waals surface area contributed by atoms with Crippen LogP contribution < -0.4 is 0 Å². The lowest BCUT2D eigenvalue weighted by atomic mass is 9.72. The van der Waals surface area contributed by atoms with E-state index in [4.69, 9.17) is 0 Å². The monoisotopic (exact) mass is 506 g/mol. The van der Waals surface area contributed by atoms with Crippen molar-refractivity contribution in [1.82, 2.24) is 0 Å². The number of esters is 3. The smallest absolute Gasteiger partial charge is 0.434 e. The van der Waals surface area contributed by atoms with Crippen LogP contribution in [0.2, 0.25) is 0 Å². The maximum Gasteiger partial charge on any atom is 0.434 e. The lowest BCUT2D eigenvalue weighted by molar-refractivity contribution is -0.314. The zero-order chi connectivity index (χ0) is 26.6. The Morgan fingerprint density at radius 2 is 1.24 bits per heavy atom. The highest BCUT2D eigenvalue weighted by Crippen LogP contribution is 2.39. The number of hydrogen-bond donors (Lipinski definition) is 0. The minimum absolute atomic E-state index is 0.100. The molecule has 0 aromatic heterocycles. The maximum atomic E-state index is 12.5. The Morgan fingerprint density at radius 1 is 0.788 bits per heavy atom. The molecule has 194 valence electrons. The lowest BCUT2D eigenvalue weighted by Crippen LogP contribution is -2.47. The van der Waals surface area contributed by atoms with Gasteiger partial charge in [-0.3, -0.25) is 9.59 Å². The number of rotatable bonds is 9. The summed E-state index contributed by atoms with van der Waals surface area (Å²) < 4.78 is 124. The summed E-state index contributed by atoms with van der Waals surface area (Å²) in [7, 11) is 0. The van der Waals surface area contributed by atoms with Crippen molar-refractivity contribution in [1.29, 1.82) is 0 Å². The van der Waals surface area contributed by atoms with Crippen molar-refractivity contribution in [3.8, 4) is 0 Å². The summed E-state index contributed by atoms with van der Waals surface area (Å²) in [5.74, 6) is -4.76. The fraction of sp³-hybridized carbons (Fsp3) is 0.833. The molecule has 2 atom stereocenters. The second kappa shape index (κ2) is 10.4. The minimum Gasteiger partial charge on any atom is -0.456 e. The van der Waals surface area contributed by atoms with Gasteiger partial charge in [-0.25, -0.2) is 4.79 Å². The van der Waals surface area contributed by atoms with E-state index >= 15 is 0 Å². The predicted molar refractivity (Wildman–Crippen MR) is 91.4 cm³/mol. The fourth-order valence-electron chi connectivity index (χ4n) is 2.61. The first-order valence-corrected chi connectivity index (χ1v) is 9.25. The molecule has 0 amide bonds. The van der Waals surface area contributed by atoms with Crippen molar-refractivity contribution in [2.75, 3.05) is 6.61 Å². The molecule has 0 aliphatic carbocycles. The van der Waals surface area contributed by atoms with Gasteiger partial charge in [-0.05, 0) is 40.5 Å². The van der Waals surface area contributed by atoms with E-state index in [2.05, 4.69) is 14.2 Å². The Balaban J connectivity index is 5.34. The summed E-state index contributed by atoms with van der Waals surface area (Å²) in [6, 6.07) is 0. The number of halogens is 9. The molecule has 0 saturated carbocycles. The van der Waals surface area contributed by atoms with Crippen molar-refractivity contribution >= 4 is 17.9 Å². The van der Waals surface area contributed by atoms with Crippen LogP contribution in [-0.4, -0.2) is 55.3 Å². The van der Waals surface area contributed by atoms with E-state index in [0.717, 1.165) is 13.8 Å². The van der Waals surface area contributed by atoms with E-state index in [9.17, 15) is 53.9 Å². The van der Waals surface area contributed by atoms with E-state index in [0.29, 0.717) is 6.92 Å². The largest absolute Gasteiger partial charge is 0.456 e. The Labute approximate surface area is 182 Å². The fourth-order valence-corrected chi connectivity index (χ4v) is 2.61. The highest BCUT2D eigenvalue weighted by atomic mass is 19.4. The van der Waals surface area contributed by atoms with Gasteiger partial charge in [0.05, 0.1) is 10.8 Å². The quantitative estimate of drug-likeness (QED) is 0.252. The van der Waals surface area contributed by atoms with Gasteiger partial charge < -0.3 is 14.2 Å². The molecule has 0 spiro atoms. The average Bonchev–Trinajstić information content (AvgIpc) is 2.60. The van der Waals surface area contributed by atoms with Gasteiger partial charge in [-0.1, -0.05) is 6.92 Å². The van der Waals surface area contributed by atoms with Crippen molar-refractivity contribution in [2.45, 2.75) is 78.2 Å². The molecule has 33 heavy (non-hydrogen) atoms. The molecular weight excluding hydrogens is 483 g/mol. The van der Waals surface area contributed by atoms with Gasteiger partial charge in [0.1, 0.15) is 0 Å². The molecule has 0 aliphatic heterocycles. The van der Waals surface area contributed by atoms with Crippen LogP contribution in [0.15, 0.2) is 0 Å². The first-order chi connectivity index (χ1) is 14.5. The summed E-state index contributed by atoms with van der Waals surface area (Å²) in [4.78, 5) is 36.2. The molecule has 0 fully saturated rings. The number of carbonyl (C=O) groups excluding carboxylic acids is 3. The van der Waals surface area contributed by atoms with Gasteiger partial charge in [-0.2, -0.15) is 39.5 Å². The molecule has 0 radical (unpaired) electrons. The van der Waals surface area contributed by atoms with E-state index in [-0.39, 0.29) is 6.42 Å². The van der Waals surface area contributed by atoms with Crippen molar-refractivity contribution in [3.63, 3.8) is 0 Å². The molecule has 0 heterocycles. The third kappa shape index (κ3) is 9.66. The van der Waals surface area contributed by atoms with Gasteiger partial charge in [-0.15, -0.1) is 0 Å². The molecular formula is C18H23F9O6. The number of hydrogen-bond acceptors (Lipinski definition) is 6. The van der Waals surface area contributed by atoms with E-state index in [1.165, 1.54) is 13.8 Å². The van der Waals surface area contributed by atoms with E-state index in [1.54, 1.807) is 0 Å². The van der Waals surface area contributed by atoms with Gasteiger partial charge in [0.2, 0.25) is 0 Å². The summed E-state index contributed by atoms with van der Waals surface area (Å²) in [5, 5.41) is 0. The number of alkyl halides is 9. The predicted octanol–water partition coefficient (Wildman–Crippen LogP) is 4.89. The van der Waals surface area contributed by atoms with Crippen LogP contribution in [0.25, 0.3) is 0 Å². The molecule has 0 rings (SSSR count). The van der Waals surface area contributed by atoms with Crippen LogP contribution in [0.4, 0.5) is 39.5 Å². The zero-order valence-electron chi connectivity index (χ0n) is 18.1. The van der Waals surface area contributed by atoms with Crippen molar-refractivity contribution in [3.05, 3.63) is 0 Å². The normalized spacial score (nSPS) is 16.1.